The molecule has 1 aliphatic rings. The van der Waals surface area contributed by atoms with Crippen LogP contribution in [-0.2, 0) is 14.3 Å². The van der Waals surface area contributed by atoms with Crippen LogP contribution in [0.25, 0.3) is 6.08 Å². The quantitative estimate of drug-likeness (QED) is 0.521. The molecular weight excluding hydrogens is 292 g/mol. The monoisotopic (exact) mass is 300 g/mol. The van der Waals surface area contributed by atoms with E-state index in [1.807, 2.05) is 0 Å². The average Bonchev–Trinajstić information content (AvgIpc) is 2.88. The van der Waals surface area contributed by atoms with Crippen LogP contribution in [0.3, 0.4) is 0 Å². The summed E-state index contributed by atoms with van der Waals surface area (Å²) < 4.78 is 5.00. The number of urea groups is 1. The number of nitrogens with zero attached hydrogens (tertiary/aromatic N) is 1. The fourth-order valence-electron chi connectivity index (χ4n) is 1.46. The Balaban J connectivity index is 2.18. The number of rotatable bonds is 3. The topological polar surface area (TPSA) is 75.7 Å². The SMILES string of the molecule is COC(=O)CN1C(=O)N/C(=C/c2ccc(Cl)s2)C1=O. The normalized spacial score (nSPS) is 16.9. The van der Waals surface area contributed by atoms with Gasteiger partial charge in [0.05, 0.1) is 11.4 Å². The highest BCUT2D eigenvalue weighted by Gasteiger charge is 2.35. The molecule has 1 saturated heterocycles. The lowest BCUT2D eigenvalue weighted by molar-refractivity contribution is -0.143. The Morgan fingerprint density at radius 1 is 1.53 bits per heavy atom. The van der Waals surface area contributed by atoms with Crippen LogP contribution < -0.4 is 5.32 Å². The molecule has 0 bridgehead atoms. The van der Waals surface area contributed by atoms with Gasteiger partial charge in [-0.05, 0) is 18.2 Å². The van der Waals surface area contributed by atoms with Crippen molar-refractivity contribution in [2.24, 2.45) is 0 Å². The molecule has 0 spiro atoms. The van der Waals surface area contributed by atoms with E-state index in [1.165, 1.54) is 24.5 Å². The molecule has 1 aliphatic heterocycles. The van der Waals surface area contributed by atoms with Crippen molar-refractivity contribution in [2.45, 2.75) is 0 Å². The van der Waals surface area contributed by atoms with E-state index in [0.29, 0.717) is 4.34 Å². The number of ether oxygens (including phenoxy) is 1. The minimum absolute atomic E-state index is 0.104. The first-order valence-electron chi connectivity index (χ1n) is 5.18. The number of hydrogen-bond donors (Lipinski definition) is 1. The predicted octanol–water partition coefficient (Wildman–Crippen LogP) is 1.47. The van der Waals surface area contributed by atoms with Crippen molar-refractivity contribution in [1.29, 1.82) is 0 Å². The standard InChI is InChI=1S/C11H9ClN2O4S/c1-18-9(15)5-14-10(16)7(13-11(14)17)4-6-2-3-8(12)19-6/h2-4H,5H2,1H3,(H,13,17)/b7-4+. The highest BCUT2D eigenvalue weighted by atomic mass is 35.5. The van der Waals surface area contributed by atoms with Gasteiger partial charge in [0, 0.05) is 4.88 Å². The van der Waals surface area contributed by atoms with Crippen molar-refractivity contribution in [1.82, 2.24) is 10.2 Å². The lowest BCUT2D eigenvalue weighted by Gasteiger charge is -2.08. The lowest BCUT2D eigenvalue weighted by atomic mass is 10.3. The summed E-state index contributed by atoms with van der Waals surface area (Å²) in [5.41, 5.74) is 0.104. The van der Waals surface area contributed by atoms with Gasteiger partial charge in [0.25, 0.3) is 5.91 Å². The highest BCUT2D eigenvalue weighted by Crippen LogP contribution is 2.24. The van der Waals surface area contributed by atoms with E-state index < -0.39 is 24.5 Å². The van der Waals surface area contributed by atoms with Gasteiger partial charge in [-0.3, -0.25) is 9.59 Å². The zero-order chi connectivity index (χ0) is 14.0. The Hall–Kier alpha value is -1.86. The third-order valence-corrected chi connectivity index (χ3v) is 3.54. The Morgan fingerprint density at radius 2 is 2.26 bits per heavy atom. The van der Waals surface area contributed by atoms with Gasteiger partial charge < -0.3 is 10.1 Å². The van der Waals surface area contributed by atoms with Gasteiger partial charge >= 0.3 is 12.0 Å². The van der Waals surface area contributed by atoms with E-state index in [1.54, 1.807) is 12.1 Å². The van der Waals surface area contributed by atoms with Crippen LogP contribution in [0.15, 0.2) is 17.8 Å². The van der Waals surface area contributed by atoms with E-state index in [0.717, 1.165) is 9.78 Å². The van der Waals surface area contributed by atoms with Crippen LogP contribution in [-0.4, -0.2) is 36.5 Å². The van der Waals surface area contributed by atoms with Gasteiger partial charge in [0.1, 0.15) is 12.2 Å². The van der Waals surface area contributed by atoms with Crippen LogP contribution in [0, 0.1) is 0 Å². The molecule has 2 heterocycles. The third-order valence-electron chi connectivity index (χ3n) is 2.36. The second kappa shape index (κ2) is 5.41. The maximum absolute atomic E-state index is 11.9. The van der Waals surface area contributed by atoms with Crippen molar-refractivity contribution >= 4 is 46.9 Å². The number of esters is 1. The Kier molecular flexibility index (Phi) is 3.87. The number of imide groups is 1. The number of carbonyl (C=O) groups is 3. The van der Waals surface area contributed by atoms with Crippen LogP contribution in [0.2, 0.25) is 4.34 Å². The largest absolute Gasteiger partial charge is 0.468 e. The number of thiophene rings is 1. The maximum Gasteiger partial charge on any atom is 0.329 e. The number of hydrogen-bond acceptors (Lipinski definition) is 5. The molecule has 0 aliphatic carbocycles. The second-order valence-electron chi connectivity index (χ2n) is 3.60. The van der Waals surface area contributed by atoms with E-state index >= 15 is 0 Å². The van der Waals surface area contributed by atoms with Crippen LogP contribution in [0.5, 0.6) is 0 Å². The van der Waals surface area contributed by atoms with Crippen molar-refractivity contribution in [3.8, 4) is 0 Å². The Labute approximate surface area is 117 Å². The minimum Gasteiger partial charge on any atom is -0.468 e. The van der Waals surface area contributed by atoms with Gasteiger partial charge in [-0.2, -0.15) is 0 Å². The van der Waals surface area contributed by atoms with E-state index in [9.17, 15) is 14.4 Å². The van der Waals surface area contributed by atoms with Gasteiger partial charge in [-0.1, -0.05) is 11.6 Å². The maximum atomic E-state index is 11.9. The number of carbonyl (C=O) groups excluding carboxylic acids is 3. The summed E-state index contributed by atoms with van der Waals surface area (Å²) in [6.45, 7) is -0.413. The first-order valence-corrected chi connectivity index (χ1v) is 6.37. The number of halogens is 1. The molecule has 100 valence electrons. The molecule has 6 nitrogen and oxygen atoms in total. The molecule has 8 heteroatoms. The molecule has 1 N–H and O–H groups in total. The Morgan fingerprint density at radius 3 is 2.84 bits per heavy atom. The molecule has 0 unspecified atom stereocenters. The lowest BCUT2D eigenvalue weighted by Crippen LogP contribution is -2.36. The van der Waals surface area contributed by atoms with Gasteiger partial charge in [0.15, 0.2) is 0 Å². The van der Waals surface area contributed by atoms with Crippen molar-refractivity contribution in [3.63, 3.8) is 0 Å². The second-order valence-corrected chi connectivity index (χ2v) is 5.34. The first kappa shape index (κ1) is 13.6. The van der Waals surface area contributed by atoms with Crippen LogP contribution in [0.1, 0.15) is 4.88 Å². The van der Waals surface area contributed by atoms with Gasteiger partial charge in [-0.15, -0.1) is 11.3 Å². The molecule has 1 aromatic heterocycles. The summed E-state index contributed by atoms with van der Waals surface area (Å²) in [6.07, 6.45) is 1.51. The minimum atomic E-state index is -0.663. The van der Waals surface area contributed by atoms with Crippen molar-refractivity contribution < 1.29 is 19.1 Å². The fraction of sp³-hybridized carbons (Fsp3) is 0.182. The first-order chi connectivity index (χ1) is 9.01. The molecule has 0 atom stereocenters. The molecule has 0 radical (unpaired) electrons. The number of nitrogens with one attached hydrogen (secondary N) is 1. The average molecular weight is 301 g/mol. The zero-order valence-electron chi connectivity index (χ0n) is 9.81. The fourth-order valence-corrected chi connectivity index (χ4v) is 2.46. The summed E-state index contributed by atoms with van der Waals surface area (Å²) in [7, 11) is 1.19. The van der Waals surface area contributed by atoms with Gasteiger partial charge in [0.2, 0.25) is 0 Å². The highest BCUT2D eigenvalue weighted by molar-refractivity contribution is 7.17. The van der Waals surface area contributed by atoms with Crippen molar-refractivity contribution in [2.75, 3.05) is 13.7 Å². The Bertz CT molecular complexity index is 581. The summed E-state index contributed by atoms with van der Waals surface area (Å²) in [5.74, 6) is -1.23. The molecule has 2 rings (SSSR count). The number of amides is 3. The third kappa shape index (κ3) is 2.94. The summed E-state index contributed by atoms with van der Waals surface area (Å²) in [4.78, 5) is 36.1. The molecule has 1 aromatic rings. The molecule has 19 heavy (non-hydrogen) atoms. The van der Waals surface area contributed by atoms with E-state index in [-0.39, 0.29) is 5.70 Å². The molecule has 3 amide bonds. The zero-order valence-corrected chi connectivity index (χ0v) is 11.4. The van der Waals surface area contributed by atoms with E-state index in [2.05, 4.69) is 10.1 Å². The summed E-state index contributed by atoms with van der Waals surface area (Å²) in [6, 6.07) is 2.76. The predicted molar refractivity (Wildman–Crippen MR) is 69.6 cm³/mol. The summed E-state index contributed by atoms with van der Waals surface area (Å²) >= 11 is 7.05. The molecular formula is C11H9ClN2O4S. The van der Waals surface area contributed by atoms with Crippen LogP contribution in [0.4, 0.5) is 4.79 Å². The van der Waals surface area contributed by atoms with Crippen molar-refractivity contribution in [3.05, 3.63) is 27.0 Å². The number of methoxy groups -OCH3 is 1. The smallest absolute Gasteiger partial charge is 0.329 e. The summed E-state index contributed by atoms with van der Waals surface area (Å²) in [5, 5.41) is 2.40. The van der Waals surface area contributed by atoms with E-state index in [4.69, 9.17) is 11.6 Å². The molecule has 1 fully saturated rings. The molecule has 0 saturated carbocycles. The van der Waals surface area contributed by atoms with Gasteiger partial charge in [-0.25, -0.2) is 9.69 Å². The van der Waals surface area contributed by atoms with Crippen LogP contribution >= 0.6 is 22.9 Å². The molecule has 0 aromatic carbocycles.